The summed E-state index contributed by atoms with van der Waals surface area (Å²) < 4.78 is 5.08. The molecule has 4 rings (SSSR count). The maximum absolute atomic E-state index is 12.4. The van der Waals surface area contributed by atoms with Gasteiger partial charge in [-0.15, -0.1) is 0 Å². The Bertz CT molecular complexity index is 1280. The molecule has 4 aromatic carbocycles. The lowest BCUT2D eigenvalue weighted by Gasteiger charge is -2.18. The summed E-state index contributed by atoms with van der Waals surface area (Å²) in [6, 6.07) is 25.6. The molecule has 4 aromatic rings. The third-order valence-corrected chi connectivity index (χ3v) is 5.53. The fourth-order valence-corrected chi connectivity index (χ4v) is 3.90. The molecule has 0 heterocycles. The number of aliphatic carboxylic acids is 1. The molecule has 34 heavy (non-hydrogen) atoms. The van der Waals surface area contributed by atoms with Crippen LogP contribution in [-0.2, 0) is 27.4 Å². The van der Waals surface area contributed by atoms with Gasteiger partial charge in [0.15, 0.2) is 0 Å². The second kappa shape index (κ2) is 10.5. The van der Waals surface area contributed by atoms with Gasteiger partial charge in [-0.1, -0.05) is 78.9 Å². The molecule has 0 saturated heterocycles. The molecule has 0 aromatic heterocycles. The molecule has 0 aliphatic heterocycles. The van der Waals surface area contributed by atoms with Crippen LogP contribution in [0.3, 0.4) is 0 Å². The van der Waals surface area contributed by atoms with E-state index < -0.39 is 30.6 Å². The first-order valence-electron chi connectivity index (χ1n) is 10.9. The Hall–Kier alpha value is -4.39. The third kappa shape index (κ3) is 5.50. The van der Waals surface area contributed by atoms with Crippen LogP contribution >= 0.6 is 0 Å². The van der Waals surface area contributed by atoms with Gasteiger partial charge < -0.3 is 20.5 Å². The number of carbonyl (C=O) groups excluding carboxylic acids is 2. The molecule has 0 spiro atoms. The minimum Gasteiger partial charge on any atom is -0.480 e. The van der Waals surface area contributed by atoms with Crippen molar-refractivity contribution < 1.29 is 24.2 Å². The molecule has 0 unspecified atom stereocenters. The molecule has 172 valence electrons. The molecular formula is C27H24N2O5. The second-order valence-corrected chi connectivity index (χ2v) is 7.88. The summed E-state index contributed by atoms with van der Waals surface area (Å²) in [6.45, 7) is -0.326. The van der Waals surface area contributed by atoms with Gasteiger partial charge in [0, 0.05) is 6.42 Å². The second-order valence-electron chi connectivity index (χ2n) is 7.88. The van der Waals surface area contributed by atoms with E-state index in [1.807, 2.05) is 78.9 Å². The van der Waals surface area contributed by atoms with Gasteiger partial charge in [-0.2, -0.15) is 0 Å². The average molecular weight is 456 g/mol. The lowest BCUT2D eigenvalue weighted by Crippen LogP contribution is -2.46. The highest BCUT2D eigenvalue weighted by Gasteiger charge is 2.23. The monoisotopic (exact) mass is 456 g/mol. The summed E-state index contributed by atoms with van der Waals surface area (Å²) in [5, 5.41) is 18.5. The smallest absolute Gasteiger partial charge is 0.407 e. The number of ether oxygens (including phenoxy) is 1. The fraction of sp³-hybridized carbons (Fsp3) is 0.148. The molecule has 0 aliphatic rings. The molecule has 7 nitrogen and oxygen atoms in total. The van der Waals surface area contributed by atoms with Gasteiger partial charge in [-0.3, -0.25) is 4.79 Å². The number of carboxylic acids is 1. The number of fused-ring (bicyclic) bond motifs is 2. The Kier molecular flexibility index (Phi) is 7.03. The normalized spacial score (nSPS) is 11.6. The minimum absolute atomic E-state index is 0.0696. The average Bonchev–Trinajstić information content (AvgIpc) is 2.86. The van der Waals surface area contributed by atoms with Crippen molar-refractivity contribution in [2.45, 2.75) is 19.1 Å². The Balaban J connectivity index is 1.43. The van der Waals surface area contributed by atoms with E-state index in [-0.39, 0.29) is 13.0 Å². The summed E-state index contributed by atoms with van der Waals surface area (Å²) in [6.07, 6.45) is -0.660. The van der Waals surface area contributed by atoms with Gasteiger partial charge >= 0.3 is 12.1 Å². The molecule has 0 fully saturated rings. The van der Waals surface area contributed by atoms with Crippen molar-refractivity contribution in [2.75, 3.05) is 6.54 Å². The van der Waals surface area contributed by atoms with E-state index >= 15 is 0 Å². The number of carboxylic acid groups (broad SMARTS) is 1. The van der Waals surface area contributed by atoms with Crippen LogP contribution in [0, 0.1) is 0 Å². The summed E-state index contributed by atoms with van der Waals surface area (Å²) in [5.74, 6) is -1.77. The summed E-state index contributed by atoms with van der Waals surface area (Å²) in [7, 11) is 0. The topological polar surface area (TPSA) is 105 Å². The largest absolute Gasteiger partial charge is 0.480 e. The third-order valence-electron chi connectivity index (χ3n) is 5.53. The summed E-state index contributed by atoms with van der Waals surface area (Å²) in [5.41, 5.74) is 1.66. The summed E-state index contributed by atoms with van der Waals surface area (Å²) in [4.78, 5) is 36.3. The Morgan fingerprint density at radius 1 is 0.824 bits per heavy atom. The quantitative estimate of drug-likeness (QED) is 0.347. The maximum atomic E-state index is 12.4. The number of carbonyl (C=O) groups is 3. The first kappa shape index (κ1) is 22.8. The van der Waals surface area contributed by atoms with Gasteiger partial charge in [0.05, 0.1) is 0 Å². The van der Waals surface area contributed by atoms with Crippen molar-refractivity contribution in [1.29, 1.82) is 0 Å². The zero-order valence-corrected chi connectivity index (χ0v) is 18.4. The molecule has 7 heteroatoms. The highest BCUT2D eigenvalue weighted by atomic mass is 16.5. The van der Waals surface area contributed by atoms with Crippen LogP contribution in [0.2, 0.25) is 0 Å². The van der Waals surface area contributed by atoms with Crippen LogP contribution in [-0.4, -0.2) is 35.7 Å². The van der Waals surface area contributed by atoms with Gasteiger partial charge in [0.25, 0.3) is 0 Å². The first-order valence-corrected chi connectivity index (χ1v) is 10.9. The zero-order chi connectivity index (χ0) is 23.9. The Labute approximate surface area is 196 Å². The fourth-order valence-electron chi connectivity index (χ4n) is 3.90. The van der Waals surface area contributed by atoms with Crippen molar-refractivity contribution in [2.24, 2.45) is 0 Å². The van der Waals surface area contributed by atoms with E-state index in [1.165, 1.54) is 0 Å². The maximum Gasteiger partial charge on any atom is 0.407 e. The molecule has 1 atom stereocenters. The van der Waals surface area contributed by atoms with Crippen molar-refractivity contribution in [3.05, 3.63) is 96.1 Å². The Morgan fingerprint density at radius 3 is 2.03 bits per heavy atom. The number of hydrogen-bond acceptors (Lipinski definition) is 4. The van der Waals surface area contributed by atoms with Crippen LogP contribution in [0.5, 0.6) is 0 Å². The molecule has 2 amide bonds. The number of rotatable bonds is 8. The number of hydrogen-bond donors (Lipinski definition) is 3. The molecule has 0 bridgehead atoms. The van der Waals surface area contributed by atoms with E-state index in [0.29, 0.717) is 0 Å². The van der Waals surface area contributed by atoms with Crippen molar-refractivity contribution in [3.63, 3.8) is 0 Å². The predicted octanol–water partition coefficient (Wildman–Crippen LogP) is 4.03. The van der Waals surface area contributed by atoms with Crippen LogP contribution < -0.4 is 10.6 Å². The van der Waals surface area contributed by atoms with E-state index in [9.17, 15) is 19.5 Å². The Morgan fingerprint density at radius 2 is 1.41 bits per heavy atom. The lowest BCUT2D eigenvalue weighted by molar-refractivity contribution is -0.141. The van der Waals surface area contributed by atoms with Crippen molar-refractivity contribution in [3.8, 4) is 0 Å². The van der Waals surface area contributed by atoms with Crippen LogP contribution in [0.1, 0.15) is 11.1 Å². The molecule has 3 N–H and O–H groups in total. The molecule has 0 radical (unpaired) electrons. The summed E-state index contributed by atoms with van der Waals surface area (Å²) >= 11 is 0. The van der Waals surface area contributed by atoms with Gasteiger partial charge in [-0.05, 0) is 38.7 Å². The highest BCUT2D eigenvalue weighted by molar-refractivity contribution is 6.02. The standard InChI is InChI=1S/C27H24N2O5/c30-25(16-28-27(33)34-17-18-8-2-1-3-9-18)29-24(26(31)32)15-23-21-12-6-4-10-19(21)14-20-11-5-7-13-22(20)23/h1-14,24H,15-17H2,(H,28,33)(H,29,30)(H,31,32)/t24-/m0/s1. The van der Waals surface area contributed by atoms with Crippen molar-refractivity contribution >= 4 is 39.5 Å². The lowest BCUT2D eigenvalue weighted by atomic mass is 9.92. The predicted molar refractivity (Wildman–Crippen MR) is 129 cm³/mol. The molecule has 0 saturated carbocycles. The molecule has 0 aliphatic carbocycles. The van der Waals surface area contributed by atoms with Gasteiger partial charge in [-0.25, -0.2) is 9.59 Å². The van der Waals surface area contributed by atoms with Crippen LogP contribution in [0.25, 0.3) is 21.5 Å². The van der Waals surface area contributed by atoms with Gasteiger partial charge in [0.1, 0.15) is 19.2 Å². The number of benzene rings is 4. The molecular weight excluding hydrogens is 432 g/mol. The zero-order valence-electron chi connectivity index (χ0n) is 18.4. The highest BCUT2D eigenvalue weighted by Crippen LogP contribution is 2.29. The van der Waals surface area contributed by atoms with E-state index in [0.717, 1.165) is 32.7 Å². The van der Waals surface area contributed by atoms with Crippen molar-refractivity contribution in [1.82, 2.24) is 10.6 Å². The number of nitrogens with one attached hydrogen (secondary N) is 2. The number of amides is 2. The van der Waals surface area contributed by atoms with E-state index in [2.05, 4.69) is 16.7 Å². The first-order chi connectivity index (χ1) is 16.5. The van der Waals surface area contributed by atoms with Gasteiger partial charge in [0.2, 0.25) is 5.91 Å². The SMILES string of the molecule is O=C(CNC(=O)OCc1ccccc1)N[C@@H](Cc1c2ccccc2cc2ccccc12)C(=O)O. The van der Waals surface area contributed by atoms with E-state index in [1.54, 1.807) is 0 Å². The minimum atomic E-state index is -1.16. The van der Waals surface area contributed by atoms with Crippen LogP contribution in [0.4, 0.5) is 4.79 Å². The van der Waals surface area contributed by atoms with E-state index in [4.69, 9.17) is 4.74 Å². The number of alkyl carbamates (subject to hydrolysis) is 1. The van der Waals surface area contributed by atoms with Crippen LogP contribution in [0.15, 0.2) is 84.9 Å².